The van der Waals surface area contributed by atoms with Gasteiger partial charge >= 0.3 is 5.91 Å². The van der Waals surface area contributed by atoms with E-state index in [9.17, 15) is 9.59 Å². The van der Waals surface area contributed by atoms with Crippen LogP contribution in [0.1, 0.15) is 36.2 Å². The van der Waals surface area contributed by atoms with Crippen molar-refractivity contribution < 1.29 is 19.1 Å². The third-order valence-electron chi connectivity index (χ3n) is 4.18. The van der Waals surface area contributed by atoms with Gasteiger partial charge in [-0.3, -0.25) is 9.59 Å². The molecule has 0 spiro atoms. The lowest BCUT2D eigenvalue weighted by atomic mass is 10.1. The number of amides is 2. The van der Waals surface area contributed by atoms with E-state index in [1.54, 1.807) is 36.4 Å². The van der Waals surface area contributed by atoms with E-state index in [4.69, 9.17) is 9.47 Å². The zero-order valence-corrected chi connectivity index (χ0v) is 16.1. The van der Waals surface area contributed by atoms with Crippen LogP contribution in [0, 0.1) is 0 Å². The van der Waals surface area contributed by atoms with Gasteiger partial charge < -0.3 is 14.8 Å². The number of carbonyl (C=O) groups is 2. The number of nitrogens with zero attached hydrogens (tertiary/aromatic N) is 1. The first-order chi connectivity index (χ1) is 13.5. The van der Waals surface area contributed by atoms with Crippen LogP contribution in [-0.2, 0) is 14.3 Å². The van der Waals surface area contributed by atoms with Crippen molar-refractivity contribution >= 4 is 23.6 Å². The van der Waals surface area contributed by atoms with Crippen molar-refractivity contribution in [3.05, 3.63) is 65.5 Å². The van der Waals surface area contributed by atoms with Crippen molar-refractivity contribution in [2.45, 2.75) is 32.5 Å². The number of hydrogen-bond acceptors (Lipinski definition) is 4. The maximum Gasteiger partial charge on any atom is 0.312 e. The van der Waals surface area contributed by atoms with Gasteiger partial charge in [0.1, 0.15) is 0 Å². The Labute approximate surface area is 164 Å². The van der Waals surface area contributed by atoms with E-state index in [1.807, 2.05) is 32.1 Å². The number of fused-ring (bicyclic) bond motifs is 1. The molecular weight excluding hydrogens is 356 g/mol. The predicted octanol–water partition coefficient (Wildman–Crippen LogP) is 3.06. The van der Waals surface area contributed by atoms with Gasteiger partial charge in [-0.15, -0.1) is 0 Å². The second-order valence-corrected chi connectivity index (χ2v) is 6.78. The largest absolute Gasteiger partial charge is 0.474 e. The fourth-order valence-electron chi connectivity index (χ4n) is 2.75. The predicted molar refractivity (Wildman–Crippen MR) is 108 cm³/mol. The van der Waals surface area contributed by atoms with Gasteiger partial charge in [-0.1, -0.05) is 24.3 Å². The molecule has 1 N–H and O–H groups in total. The summed E-state index contributed by atoms with van der Waals surface area (Å²) < 4.78 is 11.2. The summed E-state index contributed by atoms with van der Waals surface area (Å²) in [5, 5.41) is 2.87. The molecule has 1 aliphatic heterocycles. The molecule has 2 amide bonds. The SMILES string of the molecule is CC(C)OCCCNC(=O)c1ccc(/C=C2\OC3C=CC=CC3=NC2=O)cc1. The highest BCUT2D eigenvalue weighted by Crippen LogP contribution is 2.20. The molecule has 1 aromatic rings. The highest BCUT2D eigenvalue weighted by molar-refractivity contribution is 6.13. The summed E-state index contributed by atoms with van der Waals surface area (Å²) in [6.07, 6.45) is 9.56. The van der Waals surface area contributed by atoms with E-state index in [1.165, 1.54) is 0 Å². The Kier molecular flexibility index (Phi) is 6.55. The van der Waals surface area contributed by atoms with Gasteiger partial charge in [0.2, 0.25) is 0 Å². The van der Waals surface area contributed by atoms with Crippen molar-refractivity contribution in [1.29, 1.82) is 0 Å². The number of nitrogens with one attached hydrogen (secondary N) is 1. The van der Waals surface area contributed by atoms with Crippen LogP contribution in [0.4, 0.5) is 0 Å². The molecule has 1 heterocycles. The monoisotopic (exact) mass is 380 g/mol. The van der Waals surface area contributed by atoms with Crippen LogP contribution in [0.3, 0.4) is 0 Å². The molecule has 0 saturated heterocycles. The van der Waals surface area contributed by atoms with Crippen LogP contribution in [0.25, 0.3) is 6.08 Å². The maximum absolute atomic E-state index is 12.2. The summed E-state index contributed by atoms with van der Waals surface area (Å²) >= 11 is 0. The van der Waals surface area contributed by atoms with Crippen molar-refractivity contribution in [1.82, 2.24) is 5.32 Å². The number of aliphatic imine (C=N–C) groups is 1. The molecular formula is C22H24N2O4. The van der Waals surface area contributed by atoms with Crippen molar-refractivity contribution in [2.75, 3.05) is 13.2 Å². The van der Waals surface area contributed by atoms with E-state index >= 15 is 0 Å². The van der Waals surface area contributed by atoms with Gasteiger partial charge in [0.25, 0.3) is 5.91 Å². The minimum atomic E-state index is -0.406. The molecule has 146 valence electrons. The normalized spacial score (nSPS) is 19.4. The molecule has 2 aliphatic rings. The lowest BCUT2D eigenvalue weighted by Crippen LogP contribution is -2.29. The quantitative estimate of drug-likeness (QED) is 0.583. The minimum Gasteiger partial charge on any atom is -0.474 e. The Hall–Kier alpha value is -2.99. The highest BCUT2D eigenvalue weighted by atomic mass is 16.5. The van der Waals surface area contributed by atoms with Crippen LogP contribution >= 0.6 is 0 Å². The van der Waals surface area contributed by atoms with Crippen molar-refractivity contribution in [3.8, 4) is 0 Å². The van der Waals surface area contributed by atoms with Gasteiger partial charge in [0.15, 0.2) is 11.9 Å². The molecule has 6 heteroatoms. The number of rotatable bonds is 7. The van der Waals surface area contributed by atoms with Gasteiger partial charge in [-0.25, -0.2) is 4.99 Å². The Morgan fingerprint density at radius 3 is 2.82 bits per heavy atom. The summed E-state index contributed by atoms with van der Waals surface area (Å²) in [5.74, 6) is -0.352. The fraction of sp³-hybridized carbons (Fsp3) is 0.318. The molecule has 1 unspecified atom stereocenters. The summed E-state index contributed by atoms with van der Waals surface area (Å²) in [7, 11) is 0. The highest BCUT2D eigenvalue weighted by Gasteiger charge is 2.26. The zero-order valence-electron chi connectivity index (χ0n) is 16.1. The topological polar surface area (TPSA) is 77.0 Å². The average Bonchev–Trinajstić information content (AvgIpc) is 2.68. The molecule has 0 radical (unpaired) electrons. The number of ether oxygens (including phenoxy) is 2. The summed E-state index contributed by atoms with van der Waals surface area (Å²) in [5.41, 5.74) is 1.93. The molecule has 0 bridgehead atoms. The minimum absolute atomic E-state index is 0.137. The molecule has 1 aromatic carbocycles. The lowest BCUT2D eigenvalue weighted by molar-refractivity contribution is -0.118. The van der Waals surface area contributed by atoms with Crippen LogP contribution < -0.4 is 5.32 Å². The van der Waals surface area contributed by atoms with E-state index in [0.717, 1.165) is 12.0 Å². The van der Waals surface area contributed by atoms with Crippen molar-refractivity contribution in [3.63, 3.8) is 0 Å². The van der Waals surface area contributed by atoms with Crippen LogP contribution in [0.15, 0.2) is 59.3 Å². The maximum atomic E-state index is 12.2. The first kappa shape index (κ1) is 19.8. The first-order valence-electron chi connectivity index (χ1n) is 9.39. The smallest absolute Gasteiger partial charge is 0.312 e. The van der Waals surface area contributed by atoms with Gasteiger partial charge in [0.05, 0.1) is 11.8 Å². The summed E-state index contributed by atoms with van der Waals surface area (Å²) in [6, 6.07) is 6.99. The number of benzene rings is 1. The Morgan fingerprint density at radius 1 is 1.29 bits per heavy atom. The fourth-order valence-corrected chi connectivity index (χ4v) is 2.75. The standard InChI is InChI=1S/C22H24N2O4/c1-15(2)27-13-5-12-23-21(25)17-10-8-16(9-11-17)14-20-22(26)24-18-6-3-4-7-19(18)28-20/h3-4,6-11,14-15,19H,5,12-13H2,1-2H3,(H,23,25)/b20-14-. The molecule has 1 aliphatic carbocycles. The summed E-state index contributed by atoms with van der Waals surface area (Å²) in [6.45, 7) is 5.14. The van der Waals surface area contributed by atoms with Gasteiger partial charge in [0, 0.05) is 18.7 Å². The lowest BCUT2D eigenvalue weighted by Gasteiger charge is -2.22. The molecule has 6 nitrogen and oxygen atoms in total. The molecule has 28 heavy (non-hydrogen) atoms. The van der Waals surface area contributed by atoms with E-state index in [0.29, 0.717) is 24.4 Å². The van der Waals surface area contributed by atoms with Gasteiger partial charge in [-0.05, 0) is 56.2 Å². The molecule has 3 rings (SSSR count). The number of hydrogen-bond donors (Lipinski definition) is 1. The second kappa shape index (κ2) is 9.28. The van der Waals surface area contributed by atoms with E-state index in [2.05, 4.69) is 10.3 Å². The molecule has 0 fully saturated rings. The average molecular weight is 380 g/mol. The van der Waals surface area contributed by atoms with E-state index in [-0.39, 0.29) is 23.9 Å². The van der Waals surface area contributed by atoms with Crippen LogP contribution in [0.5, 0.6) is 0 Å². The third-order valence-corrected chi connectivity index (χ3v) is 4.18. The second-order valence-electron chi connectivity index (χ2n) is 6.78. The molecule has 0 saturated carbocycles. The Bertz CT molecular complexity index is 848. The Morgan fingerprint density at radius 2 is 2.07 bits per heavy atom. The summed E-state index contributed by atoms with van der Waals surface area (Å²) in [4.78, 5) is 28.4. The molecule has 1 atom stereocenters. The first-order valence-corrected chi connectivity index (χ1v) is 9.39. The third kappa shape index (κ3) is 5.27. The van der Waals surface area contributed by atoms with Crippen molar-refractivity contribution in [2.24, 2.45) is 4.99 Å². The van der Waals surface area contributed by atoms with Gasteiger partial charge in [-0.2, -0.15) is 0 Å². The van der Waals surface area contributed by atoms with E-state index < -0.39 is 5.91 Å². The Balaban J connectivity index is 1.57. The number of carbonyl (C=O) groups excluding carboxylic acids is 2. The molecule has 0 aromatic heterocycles. The van der Waals surface area contributed by atoms with Crippen LogP contribution in [-0.4, -0.2) is 42.9 Å². The zero-order chi connectivity index (χ0) is 19.9. The van der Waals surface area contributed by atoms with Crippen LogP contribution in [0.2, 0.25) is 0 Å². The number of allylic oxidation sites excluding steroid dienone is 2.